The van der Waals surface area contributed by atoms with Crippen LogP contribution in [0.15, 0.2) is 30.3 Å². The fourth-order valence-corrected chi connectivity index (χ4v) is 2.05. The first-order valence-corrected chi connectivity index (χ1v) is 7.74. The molecule has 0 aliphatic heterocycles. The van der Waals surface area contributed by atoms with Crippen LogP contribution in [0.4, 0.5) is 20.3 Å². The molecule has 0 saturated carbocycles. The number of benzene rings is 1. The summed E-state index contributed by atoms with van der Waals surface area (Å²) in [7, 11) is 1.44. The molecule has 25 heavy (non-hydrogen) atoms. The molecule has 0 aliphatic carbocycles. The number of hydrogen-bond donors (Lipinski definition) is 2. The summed E-state index contributed by atoms with van der Waals surface area (Å²) >= 11 is 0. The van der Waals surface area contributed by atoms with Crippen molar-refractivity contribution >= 4 is 17.4 Å². The lowest BCUT2D eigenvalue weighted by Gasteiger charge is -2.19. The quantitative estimate of drug-likeness (QED) is 0.860. The smallest absolute Gasteiger partial charge is 0.273 e. The number of anilines is 2. The van der Waals surface area contributed by atoms with Gasteiger partial charge in [0.25, 0.3) is 5.91 Å². The molecule has 0 spiro atoms. The van der Waals surface area contributed by atoms with Gasteiger partial charge < -0.3 is 15.4 Å². The first-order valence-electron chi connectivity index (χ1n) is 7.74. The van der Waals surface area contributed by atoms with Crippen LogP contribution in [0.5, 0.6) is 5.75 Å². The first-order chi connectivity index (χ1) is 11.7. The Balaban J connectivity index is 2.25. The average molecular weight is 349 g/mol. The number of aromatic nitrogens is 1. The molecule has 1 aromatic heterocycles. The van der Waals surface area contributed by atoms with Gasteiger partial charge in [0.2, 0.25) is 0 Å². The van der Waals surface area contributed by atoms with Crippen molar-refractivity contribution in [1.29, 1.82) is 0 Å². The van der Waals surface area contributed by atoms with Gasteiger partial charge in [0, 0.05) is 18.3 Å². The Labute approximate surface area is 145 Å². The van der Waals surface area contributed by atoms with E-state index < -0.39 is 11.6 Å². The summed E-state index contributed by atoms with van der Waals surface area (Å²) in [5.41, 5.74) is 0.197. The van der Waals surface area contributed by atoms with Crippen molar-refractivity contribution in [3.8, 4) is 5.75 Å². The highest BCUT2D eigenvalue weighted by atomic mass is 19.1. The van der Waals surface area contributed by atoms with Crippen molar-refractivity contribution < 1.29 is 18.3 Å². The number of nitrogens with zero attached hydrogens (tertiary/aromatic N) is 1. The van der Waals surface area contributed by atoms with Crippen molar-refractivity contribution in [2.75, 3.05) is 19.0 Å². The third-order valence-electron chi connectivity index (χ3n) is 3.21. The Kier molecular flexibility index (Phi) is 5.56. The van der Waals surface area contributed by atoms with Crippen molar-refractivity contribution in [2.45, 2.75) is 20.8 Å². The Morgan fingerprint density at radius 1 is 1.16 bits per heavy atom. The predicted octanol–water partition coefficient (Wildman–Crippen LogP) is 3.89. The minimum Gasteiger partial charge on any atom is -0.494 e. The van der Waals surface area contributed by atoms with Crippen molar-refractivity contribution in [2.24, 2.45) is 5.41 Å². The highest BCUT2D eigenvalue weighted by molar-refractivity contribution is 5.95. The molecule has 2 N–H and O–H groups in total. The van der Waals surface area contributed by atoms with Crippen LogP contribution < -0.4 is 15.4 Å². The van der Waals surface area contributed by atoms with Crippen LogP contribution in [0.25, 0.3) is 0 Å². The van der Waals surface area contributed by atoms with Crippen molar-refractivity contribution in [3.05, 3.63) is 47.7 Å². The van der Waals surface area contributed by atoms with Crippen molar-refractivity contribution in [1.82, 2.24) is 10.3 Å². The molecule has 0 radical (unpaired) electrons. The van der Waals surface area contributed by atoms with Gasteiger partial charge in [0.1, 0.15) is 23.2 Å². The van der Waals surface area contributed by atoms with Crippen LogP contribution in [0, 0.1) is 17.0 Å². The van der Waals surface area contributed by atoms with Gasteiger partial charge in [0.05, 0.1) is 7.11 Å². The normalized spacial score (nSPS) is 11.1. The molecule has 1 amide bonds. The second-order valence-electron chi connectivity index (χ2n) is 6.77. The maximum Gasteiger partial charge on any atom is 0.273 e. The molecule has 2 aromatic rings. The minimum atomic E-state index is -0.709. The maximum absolute atomic E-state index is 13.3. The molecular weight excluding hydrogens is 328 g/mol. The van der Waals surface area contributed by atoms with Gasteiger partial charge in [0.15, 0.2) is 5.69 Å². The highest BCUT2D eigenvalue weighted by Crippen LogP contribution is 2.23. The third kappa shape index (κ3) is 5.41. The number of amides is 1. The van der Waals surface area contributed by atoms with Gasteiger partial charge in [-0.1, -0.05) is 20.8 Å². The molecule has 0 saturated heterocycles. The lowest BCUT2D eigenvalue weighted by Crippen LogP contribution is -2.33. The van der Waals surface area contributed by atoms with E-state index in [1.807, 2.05) is 20.8 Å². The third-order valence-corrected chi connectivity index (χ3v) is 3.21. The SMILES string of the molecule is COc1ccc(Nc2cc(F)cc(F)c2)nc1C(=O)NCC(C)(C)C. The van der Waals surface area contributed by atoms with E-state index in [1.165, 1.54) is 7.11 Å². The molecule has 0 atom stereocenters. The number of halogens is 2. The number of carbonyl (C=O) groups excluding carboxylic acids is 1. The van der Waals surface area contributed by atoms with E-state index >= 15 is 0 Å². The van der Waals surface area contributed by atoms with E-state index in [1.54, 1.807) is 12.1 Å². The zero-order valence-electron chi connectivity index (χ0n) is 14.6. The highest BCUT2D eigenvalue weighted by Gasteiger charge is 2.18. The summed E-state index contributed by atoms with van der Waals surface area (Å²) in [5.74, 6) is -1.23. The molecule has 7 heteroatoms. The number of rotatable bonds is 5. The van der Waals surface area contributed by atoms with Gasteiger partial charge in [-0.05, 0) is 29.7 Å². The van der Waals surface area contributed by atoms with E-state index in [-0.39, 0.29) is 28.5 Å². The number of hydrogen-bond acceptors (Lipinski definition) is 4. The van der Waals surface area contributed by atoms with E-state index in [9.17, 15) is 13.6 Å². The van der Waals surface area contributed by atoms with Crippen LogP contribution in [-0.4, -0.2) is 24.5 Å². The zero-order valence-corrected chi connectivity index (χ0v) is 14.6. The van der Waals surface area contributed by atoms with E-state index in [0.29, 0.717) is 12.3 Å². The lowest BCUT2D eigenvalue weighted by atomic mass is 9.97. The number of ether oxygens (including phenoxy) is 1. The predicted molar refractivity (Wildman–Crippen MR) is 92.2 cm³/mol. The van der Waals surface area contributed by atoms with E-state index in [2.05, 4.69) is 15.6 Å². The standard InChI is InChI=1S/C18H21F2N3O2/c1-18(2,3)10-21-17(24)16-14(25-4)5-6-15(23-16)22-13-8-11(19)7-12(20)9-13/h5-9H,10H2,1-4H3,(H,21,24)(H,22,23). The summed E-state index contributed by atoms with van der Waals surface area (Å²) in [6, 6.07) is 6.17. The molecule has 2 rings (SSSR count). The van der Waals surface area contributed by atoms with Crippen LogP contribution in [0.3, 0.4) is 0 Å². The molecule has 134 valence electrons. The molecular formula is C18H21F2N3O2. The average Bonchev–Trinajstić information content (AvgIpc) is 2.51. The molecule has 1 heterocycles. The topological polar surface area (TPSA) is 63.2 Å². The molecule has 0 bridgehead atoms. The first kappa shape index (κ1) is 18.6. The Morgan fingerprint density at radius 2 is 1.80 bits per heavy atom. The number of carbonyl (C=O) groups is 1. The van der Waals surface area contributed by atoms with Gasteiger partial charge in [-0.3, -0.25) is 4.79 Å². The van der Waals surface area contributed by atoms with Gasteiger partial charge in [-0.2, -0.15) is 0 Å². The monoisotopic (exact) mass is 349 g/mol. The maximum atomic E-state index is 13.3. The second-order valence-corrected chi connectivity index (χ2v) is 6.77. The molecule has 0 unspecified atom stereocenters. The zero-order chi connectivity index (χ0) is 18.6. The Morgan fingerprint density at radius 3 is 2.36 bits per heavy atom. The number of methoxy groups -OCH3 is 1. The largest absolute Gasteiger partial charge is 0.494 e. The summed E-state index contributed by atoms with van der Waals surface area (Å²) in [6.07, 6.45) is 0. The molecule has 0 fully saturated rings. The molecule has 1 aromatic carbocycles. The van der Waals surface area contributed by atoms with Gasteiger partial charge in [-0.15, -0.1) is 0 Å². The number of pyridine rings is 1. The number of nitrogens with one attached hydrogen (secondary N) is 2. The Bertz CT molecular complexity index is 753. The van der Waals surface area contributed by atoms with Crippen LogP contribution in [0.1, 0.15) is 31.3 Å². The fraction of sp³-hybridized carbons (Fsp3) is 0.333. The Hall–Kier alpha value is -2.70. The van der Waals surface area contributed by atoms with Crippen LogP contribution >= 0.6 is 0 Å². The van der Waals surface area contributed by atoms with Crippen molar-refractivity contribution in [3.63, 3.8) is 0 Å². The summed E-state index contributed by atoms with van der Waals surface area (Å²) in [5, 5.41) is 5.57. The lowest BCUT2D eigenvalue weighted by molar-refractivity contribution is 0.0931. The van der Waals surface area contributed by atoms with E-state index in [4.69, 9.17) is 4.74 Å². The second kappa shape index (κ2) is 7.46. The summed E-state index contributed by atoms with van der Waals surface area (Å²) in [4.78, 5) is 16.6. The fourth-order valence-electron chi connectivity index (χ4n) is 2.05. The van der Waals surface area contributed by atoms with Gasteiger partial charge in [-0.25, -0.2) is 13.8 Å². The molecule has 5 nitrogen and oxygen atoms in total. The van der Waals surface area contributed by atoms with E-state index in [0.717, 1.165) is 18.2 Å². The summed E-state index contributed by atoms with van der Waals surface area (Å²) in [6.45, 7) is 6.45. The minimum absolute atomic E-state index is 0.0855. The van der Waals surface area contributed by atoms with Crippen LogP contribution in [0.2, 0.25) is 0 Å². The summed E-state index contributed by atoms with van der Waals surface area (Å²) < 4.78 is 31.7. The van der Waals surface area contributed by atoms with Gasteiger partial charge >= 0.3 is 0 Å². The molecule has 0 aliphatic rings. The van der Waals surface area contributed by atoms with Crippen LogP contribution in [-0.2, 0) is 0 Å².